The van der Waals surface area contributed by atoms with Crippen LogP contribution in [0.4, 0.5) is 0 Å². The van der Waals surface area contributed by atoms with Crippen LogP contribution < -0.4 is 4.74 Å². The van der Waals surface area contributed by atoms with Gasteiger partial charge in [0.25, 0.3) is 0 Å². The number of aliphatic hydroxyl groups excluding tert-OH is 1. The van der Waals surface area contributed by atoms with Gasteiger partial charge < -0.3 is 9.84 Å². The number of para-hydroxylation sites is 1. The third-order valence-electron chi connectivity index (χ3n) is 2.01. The van der Waals surface area contributed by atoms with E-state index in [1.54, 1.807) is 12.1 Å². The van der Waals surface area contributed by atoms with Crippen LogP contribution in [-0.4, -0.2) is 17.7 Å². The van der Waals surface area contributed by atoms with Gasteiger partial charge in [-0.05, 0) is 25.0 Å². The minimum Gasteiger partial charge on any atom is -0.427 e. The van der Waals surface area contributed by atoms with Crippen molar-refractivity contribution in [1.82, 2.24) is 0 Å². The molecular formula is C12H16O3. The van der Waals surface area contributed by atoms with Gasteiger partial charge in [-0.2, -0.15) is 0 Å². The minimum atomic E-state index is -0.209. The lowest BCUT2D eigenvalue weighted by molar-refractivity contribution is -0.134. The molecule has 0 aliphatic carbocycles. The Hall–Kier alpha value is -1.35. The van der Waals surface area contributed by atoms with Crippen LogP contribution in [0.5, 0.6) is 5.75 Å². The van der Waals surface area contributed by atoms with Crippen LogP contribution in [0.1, 0.15) is 25.7 Å². The number of benzene rings is 1. The number of unbranched alkanes of at least 4 members (excludes halogenated alkanes) is 2. The van der Waals surface area contributed by atoms with E-state index in [4.69, 9.17) is 9.84 Å². The highest BCUT2D eigenvalue weighted by Gasteiger charge is 2.03. The summed E-state index contributed by atoms with van der Waals surface area (Å²) in [5.41, 5.74) is 0. The molecule has 0 aliphatic rings. The lowest BCUT2D eigenvalue weighted by Crippen LogP contribution is -2.07. The van der Waals surface area contributed by atoms with Gasteiger partial charge in [-0.3, -0.25) is 4.79 Å². The van der Waals surface area contributed by atoms with Crippen molar-refractivity contribution in [1.29, 1.82) is 0 Å². The monoisotopic (exact) mass is 208 g/mol. The van der Waals surface area contributed by atoms with Crippen molar-refractivity contribution in [3.05, 3.63) is 30.3 Å². The fraction of sp³-hybridized carbons (Fsp3) is 0.417. The summed E-state index contributed by atoms with van der Waals surface area (Å²) in [6.45, 7) is 0.188. The zero-order chi connectivity index (χ0) is 10.9. The summed E-state index contributed by atoms with van der Waals surface area (Å²) >= 11 is 0. The zero-order valence-electron chi connectivity index (χ0n) is 8.69. The molecule has 0 atom stereocenters. The predicted molar refractivity (Wildman–Crippen MR) is 57.6 cm³/mol. The van der Waals surface area contributed by atoms with E-state index in [2.05, 4.69) is 0 Å². The van der Waals surface area contributed by atoms with Crippen molar-refractivity contribution in [2.24, 2.45) is 0 Å². The molecule has 0 fully saturated rings. The van der Waals surface area contributed by atoms with Crippen molar-refractivity contribution >= 4 is 5.97 Å². The summed E-state index contributed by atoms with van der Waals surface area (Å²) in [5.74, 6) is 0.379. The van der Waals surface area contributed by atoms with Gasteiger partial charge in [0.05, 0.1) is 0 Å². The summed E-state index contributed by atoms with van der Waals surface area (Å²) in [6, 6.07) is 9.04. The molecule has 0 saturated carbocycles. The lowest BCUT2D eigenvalue weighted by atomic mass is 10.2. The Bertz CT molecular complexity index is 282. The molecule has 0 spiro atoms. The van der Waals surface area contributed by atoms with Gasteiger partial charge in [0.15, 0.2) is 0 Å². The summed E-state index contributed by atoms with van der Waals surface area (Å²) in [5, 5.41) is 8.55. The average molecular weight is 208 g/mol. The average Bonchev–Trinajstić information content (AvgIpc) is 2.26. The largest absolute Gasteiger partial charge is 0.427 e. The Morgan fingerprint density at radius 3 is 2.53 bits per heavy atom. The highest BCUT2D eigenvalue weighted by Crippen LogP contribution is 2.10. The molecule has 0 aromatic heterocycles. The Balaban J connectivity index is 2.19. The van der Waals surface area contributed by atoms with E-state index in [0.717, 1.165) is 19.3 Å². The Morgan fingerprint density at radius 1 is 1.13 bits per heavy atom. The molecule has 82 valence electrons. The second kappa shape index (κ2) is 7.01. The number of rotatable bonds is 6. The molecule has 1 aromatic carbocycles. The Kier molecular flexibility index (Phi) is 5.48. The maximum absolute atomic E-state index is 11.3. The maximum atomic E-state index is 11.3. The number of carbonyl (C=O) groups is 1. The molecule has 1 rings (SSSR count). The van der Waals surface area contributed by atoms with Gasteiger partial charge >= 0.3 is 5.97 Å². The second-order valence-corrected chi connectivity index (χ2v) is 3.32. The maximum Gasteiger partial charge on any atom is 0.311 e. The van der Waals surface area contributed by atoms with Gasteiger partial charge in [-0.15, -0.1) is 0 Å². The van der Waals surface area contributed by atoms with Crippen LogP contribution >= 0.6 is 0 Å². The fourth-order valence-corrected chi connectivity index (χ4v) is 1.23. The molecule has 3 heteroatoms. The van der Waals surface area contributed by atoms with E-state index in [1.165, 1.54) is 0 Å². The first kappa shape index (κ1) is 11.7. The summed E-state index contributed by atoms with van der Waals surface area (Å²) < 4.78 is 5.09. The highest BCUT2D eigenvalue weighted by atomic mass is 16.5. The van der Waals surface area contributed by atoms with Crippen LogP contribution in [0.25, 0.3) is 0 Å². The quantitative estimate of drug-likeness (QED) is 0.442. The summed E-state index contributed by atoms with van der Waals surface area (Å²) in [4.78, 5) is 11.3. The van der Waals surface area contributed by atoms with Crippen LogP contribution in [0.2, 0.25) is 0 Å². The lowest BCUT2D eigenvalue weighted by Gasteiger charge is -2.03. The predicted octanol–water partition coefficient (Wildman–Crippen LogP) is 2.14. The van der Waals surface area contributed by atoms with Gasteiger partial charge in [0.2, 0.25) is 0 Å². The molecule has 1 aromatic rings. The number of hydrogen-bond donors (Lipinski definition) is 1. The standard InChI is InChI=1S/C12H16O3/c13-10-6-2-5-9-12(14)15-11-7-3-1-4-8-11/h1,3-4,7-8,13H,2,5-6,9-10H2. The van der Waals surface area contributed by atoms with Gasteiger partial charge in [0.1, 0.15) is 5.75 Å². The molecule has 0 bridgehead atoms. The summed E-state index contributed by atoms with van der Waals surface area (Å²) in [6.07, 6.45) is 2.79. The molecule has 15 heavy (non-hydrogen) atoms. The first-order valence-electron chi connectivity index (χ1n) is 5.19. The van der Waals surface area contributed by atoms with E-state index in [0.29, 0.717) is 12.2 Å². The molecular weight excluding hydrogens is 192 g/mol. The molecule has 0 radical (unpaired) electrons. The van der Waals surface area contributed by atoms with E-state index in [1.807, 2.05) is 18.2 Å². The van der Waals surface area contributed by atoms with Crippen LogP contribution in [0, 0.1) is 0 Å². The smallest absolute Gasteiger partial charge is 0.311 e. The Labute approximate surface area is 89.7 Å². The SMILES string of the molecule is O=C(CCCCCO)Oc1ccccc1. The van der Waals surface area contributed by atoms with Crippen molar-refractivity contribution in [3.8, 4) is 5.75 Å². The Morgan fingerprint density at radius 2 is 1.87 bits per heavy atom. The van der Waals surface area contributed by atoms with Crippen molar-refractivity contribution in [2.75, 3.05) is 6.61 Å². The van der Waals surface area contributed by atoms with Gasteiger partial charge in [-0.1, -0.05) is 24.6 Å². The molecule has 1 N–H and O–H groups in total. The fourth-order valence-electron chi connectivity index (χ4n) is 1.23. The molecule has 0 heterocycles. The second-order valence-electron chi connectivity index (χ2n) is 3.32. The van der Waals surface area contributed by atoms with Gasteiger partial charge in [0, 0.05) is 13.0 Å². The summed E-state index contributed by atoms with van der Waals surface area (Å²) in [7, 11) is 0. The van der Waals surface area contributed by atoms with Gasteiger partial charge in [-0.25, -0.2) is 0 Å². The molecule has 3 nitrogen and oxygen atoms in total. The first-order valence-corrected chi connectivity index (χ1v) is 5.19. The van der Waals surface area contributed by atoms with Crippen LogP contribution in [0.15, 0.2) is 30.3 Å². The third-order valence-corrected chi connectivity index (χ3v) is 2.01. The third kappa shape index (κ3) is 5.18. The first-order chi connectivity index (χ1) is 7.33. The van der Waals surface area contributed by atoms with E-state index in [9.17, 15) is 4.79 Å². The number of esters is 1. The normalized spacial score (nSPS) is 9.93. The number of ether oxygens (including phenoxy) is 1. The van der Waals surface area contributed by atoms with Crippen molar-refractivity contribution in [3.63, 3.8) is 0 Å². The number of aliphatic hydroxyl groups is 1. The molecule has 0 unspecified atom stereocenters. The minimum absolute atomic E-state index is 0.188. The van der Waals surface area contributed by atoms with Crippen LogP contribution in [-0.2, 0) is 4.79 Å². The number of hydrogen-bond acceptors (Lipinski definition) is 3. The highest BCUT2D eigenvalue weighted by molar-refractivity contribution is 5.72. The van der Waals surface area contributed by atoms with E-state index >= 15 is 0 Å². The van der Waals surface area contributed by atoms with Crippen molar-refractivity contribution in [2.45, 2.75) is 25.7 Å². The zero-order valence-corrected chi connectivity index (χ0v) is 8.69. The van der Waals surface area contributed by atoms with Crippen LogP contribution in [0.3, 0.4) is 0 Å². The molecule has 0 amide bonds. The van der Waals surface area contributed by atoms with Crippen molar-refractivity contribution < 1.29 is 14.6 Å². The number of carbonyl (C=O) groups excluding carboxylic acids is 1. The topological polar surface area (TPSA) is 46.5 Å². The molecule has 0 saturated heterocycles. The van der Waals surface area contributed by atoms with E-state index in [-0.39, 0.29) is 12.6 Å². The molecule has 0 aliphatic heterocycles. The van der Waals surface area contributed by atoms with E-state index < -0.39 is 0 Å².